The number of hydrogen-bond donors (Lipinski definition) is 1. The number of anilines is 1. The van der Waals surface area contributed by atoms with E-state index in [0.717, 1.165) is 18.4 Å². The SMILES string of the molecule is C=C[C@H](CCc1cnc(N2CCN(C(=O)OC(C)(C)C)CC2)nc1)C1(N)CCN(C(=O)OC(C)(C)C)CC1. The maximum Gasteiger partial charge on any atom is 0.410 e. The Morgan fingerprint density at radius 2 is 1.42 bits per heavy atom. The first-order valence-corrected chi connectivity index (χ1v) is 13.6. The molecule has 0 saturated carbocycles. The average molecular weight is 531 g/mol. The van der Waals surface area contributed by atoms with Crippen molar-refractivity contribution in [1.82, 2.24) is 19.8 Å². The van der Waals surface area contributed by atoms with E-state index in [0.29, 0.717) is 58.1 Å². The normalized spacial score (nSPS) is 19.1. The fourth-order valence-corrected chi connectivity index (χ4v) is 4.82. The van der Waals surface area contributed by atoms with Gasteiger partial charge in [-0.25, -0.2) is 19.6 Å². The second kappa shape index (κ2) is 11.9. The van der Waals surface area contributed by atoms with E-state index in [-0.39, 0.29) is 18.1 Å². The molecule has 0 bridgehead atoms. The standard InChI is InChI=1S/C28H46N6O4/c1-8-22(28(29)11-13-33(14-12-28)24(35)37-26(2,3)4)10-9-21-19-30-23(31-20-21)32-15-17-34(18-16-32)25(36)38-27(5,6)7/h8,19-20,22H,1,9-18,29H2,2-7H3/t22-/m1/s1. The van der Waals surface area contributed by atoms with E-state index in [1.54, 1.807) is 9.80 Å². The number of aryl methyl sites for hydroxylation is 1. The minimum absolute atomic E-state index is 0.115. The molecule has 2 N–H and O–H groups in total. The maximum atomic E-state index is 12.4. The highest BCUT2D eigenvalue weighted by molar-refractivity contribution is 5.69. The molecule has 10 nitrogen and oxygen atoms in total. The average Bonchev–Trinajstić information content (AvgIpc) is 2.83. The largest absolute Gasteiger partial charge is 0.444 e. The van der Waals surface area contributed by atoms with Crippen LogP contribution in [0.4, 0.5) is 15.5 Å². The number of ether oxygens (including phenoxy) is 2. The van der Waals surface area contributed by atoms with Crippen LogP contribution in [0.25, 0.3) is 0 Å². The summed E-state index contributed by atoms with van der Waals surface area (Å²) < 4.78 is 11.0. The number of hydrogen-bond acceptors (Lipinski definition) is 8. The lowest BCUT2D eigenvalue weighted by Gasteiger charge is -2.43. The molecule has 2 aliphatic rings. The molecule has 10 heteroatoms. The van der Waals surface area contributed by atoms with E-state index in [4.69, 9.17) is 15.2 Å². The molecule has 3 heterocycles. The van der Waals surface area contributed by atoms with Gasteiger partial charge in [-0.2, -0.15) is 0 Å². The van der Waals surface area contributed by atoms with Crippen LogP contribution in [-0.2, 0) is 15.9 Å². The molecule has 0 aromatic carbocycles. The lowest BCUT2D eigenvalue weighted by Crippen LogP contribution is -2.56. The zero-order valence-electron chi connectivity index (χ0n) is 24.0. The quantitative estimate of drug-likeness (QED) is 0.549. The Labute approximate surface area is 227 Å². The van der Waals surface area contributed by atoms with Gasteiger partial charge in [0.05, 0.1) is 0 Å². The second-order valence-corrected chi connectivity index (χ2v) is 12.4. The van der Waals surface area contributed by atoms with Crippen LogP contribution >= 0.6 is 0 Å². The molecular formula is C28H46N6O4. The fourth-order valence-electron chi connectivity index (χ4n) is 4.82. The van der Waals surface area contributed by atoms with Crippen LogP contribution in [0.2, 0.25) is 0 Å². The zero-order chi connectivity index (χ0) is 28.1. The molecule has 2 saturated heterocycles. The summed E-state index contributed by atoms with van der Waals surface area (Å²) in [6.45, 7) is 18.9. The lowest BCUT2D eigenvalue weighted by atomic mass is 9.75. The third-order valence-corrected chi connectivity index (χ3v) is 7.02. The highest BCUT2D eigenvalue weighted by atomic mass is 16.6. The van der Waals surface area contributed by atoms with Crippen molar-refractivity contribution in [3.8, 4) is 0 Å². The van der Waals surface area contributed by atoms with E-state index >= 15 is 0 Å². The number of aromatic nitrogens is 2. The Bertz CT molecular complexity index is 953. The first-order chi connectivity index (χ1) is 17.7. The number of amides is 2. The highest BCUT2D eigenvalue weighted by Crippen LogP contribution is 2.32. The molecule has 38 heavy (non-hydrogen) atoms. The number of nitrogens with two attached hydrogens (primary N) is 1. The van der Waals surface area contributed by atoms with Crippen LogP contribution in [0.15, 0.2) is 25.0 Å². The molecular weight excluding hydrogens is 484 g/mol. The van der Waals surface area contributed by atoms with Gasteiger partial charge in [0.15, 0.2) is 0 Å². The summed E-state index contributed by atoms with van der Waals surface area (Å²) >= 11 is 0. The van der Waals surface area contributed by atoms with Crippen molar-refractivity contribution in [2.24, 2.45) is 11.7 Å². The van der Waals surface area contributed by atoms with Crippen LogP contribution in [0.1, 0.15) is 66.4 Å². The van der Waals surface area contributed by atoms with Gasteiger partial charge in [-0.1, -0.05) is 6.08 Å². The van der Waals surface area contributed by atoms with Gasteiger partial charge in [-0.15, -0.1) is 6.58 Å². The molecule has 2 fully saturated rings. The number of nitrogens with zero attached hydrogens (tertiary/aromatic N) is 5. The molecule has 0 spiro atoms. The van der Waals surface area contributed by atoms with Crippen LogP contribution in [0, 0.1) is 5.92 Å². The van der Waals surface area contributed by atoms with Crippen molar-refractivity contribution >= 4 is 18.1 Å². The Morgan fingerprint density at radius 3 is 1.87 bits per heavy atom. The van der Waals surface area contributed by atoms with Crippen molar-refractivity contribution in [2.75, 3.05) is 44.2 Å². The van der Waals surface area contributed by atoms with Gasteiger partial charge in [0, 0.05) is 57.2 Å². The fraction of sp³-hybridized carbons (Fsp3) is 0.714. The Morgan fingerprint density at radius 1 is 0.947 bits per heavy atom. The van der Waals surface area contributed by atoms with Crippen molar-refractivity contribution in [3.63, 3.8) is 0 Å². The van der Waals surface area contributed by atoms with Gasteiger partial charge < -0.3 is 29.9 Å². The Hall–Kier alpha value is -2.88. The maximum absolute atomic E-state index is 12.4. The molecule has 0 radical (unpaired) electrons. The van der Waals surface area contributed by atoms with Crippen LogP contribution in [0.3, 0.4) is 0 Å². The number of piperidine rings is 1. The van der Waals surface area contributed by atoms with E-state index in [2.05, 4.69) is 21.4 Å². The summed E-state index contributed by atoms with van der Waals surface area (Å²) in [4.78, 5) is 39.5. The van der Waals surface area contributed by atoms with Gasteiger partial charge in [0.2, 0.25) is 5.95 Å². The Kier molecular flexibility index (Phi) is 9.28. The molecule has 212 valence electrons. The van der Waals surface area contributed by atoms with Gasteiger partial charge in [-0.3, -0.25) is 0 Å². The van der Waals surface area contributed by atoms with Crippen molar-refractivity contribution < 1.29 is 19.1 Å². The number of piperazine rings is 1. The summed E-state index contributed by atoms with van der Waals surface area (Å²) in [6.07, 6.45) is 8.16. The molecule has 2 aliphatic heterocycles. The summed E-state index contributed by atoms with van der Waals surface area (Å²) in [7, 11) is 0. The highest BCUT2D eigenvalue weighted by Gasteiger charge is 2.38. The predicted molar refractivity (Wildman–Crippen MR) is 148 cm³/mol. The van der Waals surface area contributed by atoms with E-state index in [1.165, 1.54) is 0 Å². The minimum Gasteiger partial charge on any atom is -0.444 e. The topological polar surface area (TPSA) is 114 Å². The number of rotatable bonds is 6. The molecule has 2 amide bonds. The van der Waals surface area contributed by atoms with Crippen molar-refractivity contribution in [2.45, 2.75) is 84.0 Å². The van der Waals surface area contributed by atoms with E-state index in [9.17, 15) is 9.59 Å². The molecule has 0 aliphatic carbocycles. The molecule has 3 rings (SSSR count). The number of likely N-dealkylation sites (tertiary alicyclic amines) is 1. The van der Waals surface area contributed by atoms with Gasteiger partial charge in [0.1, 0.15) is 11.2 Å². The molecule has 0 unspecified atom stereocenters. The first-order valence-electron chi connectivity index (χ1n) is 13.6. The first kappa shape index (κ1) is 29.7. The molecule has 1 aromatic rings. The van der Waals surface area contributed by atoms with Gasteiger partial charge in [0.25, 0.3) is 0 Å². The van der Waals surface area contributed by atoms with Crippen molar-refractivity contribution in [1.29, 1.82) is 0 Å². The third kappa shape index (κ3) is 8.31. The van der Waals surface area contributed by atoms with E-state index in [1.807, 2.05) is 60.0 Å². The van der Waals surface area contributed by atoms with Gasteiger partial charge >= 0.3 is 12.2 Å². The number of carbonyl (C=O) groups is 2. The third-order valence-electron chi connectivity index (χ3n) is 7.02. The molecule has 1 aromatic heterocycles. The number of carbonyl (C=O) groups excluding carboxylic acids is 2. The van der Waals surface area contributed by atoms with Crippen LogP contribution in [0.5, 0.6) is 0 Å². The second-order valence-electron chi connectivity index (χ2n) is 12.4. The van der Waals surface area contributed by atoms with Crippen LogP contribution < -0.4 is 10.6 Å². The van der Waals surface area contributed by atoms with Crippen LogP contribution in [-0.4, -0.2) is 88.0 Å². The lowest BCUT2D eigenvalue weighted by molar-refractivity contribution is 0.0143. The van der Waals surface area contributed by atoms with Crippen molar-refractivity contribution in [3.05, 3.63) is 30.6 Å². The monoisotopic (exact) mass is 530 g/mol. The molecule has 1 atom stereocenters. The van der Waals surface area contributed by atoms with E-state index < -0.39 is 16.7 Å². The van der Waals surface area contributed by atoms with Gasteiger partial charge in [-0.05, 0) is 78.7 Å². The predicted octanol–water partition coefficient (Wildman–Crippen LogP) is 4.00. The zero-order valence-corrected chi connectivity index (χ0v) is 24.0. The summed E-state index contributed by atoms with van der Waals surface area (Å²) in [6, 6.07) is 0. The summed E-state index contributed by atoms with van der Waals surface area (Å²) in [5, 5.41) is 0. The Balaban J connectivity index is 1.48. The smallest absolute Gasteiger partial charge is 0.410 e. The summed E-state index contributed by atoms with van der Waals surface area (Å²) in [5.74, 6) is 0.784. The minimum atomic E-state index is -0.510. The summed E-state index contributed by atoms with van der Waals surface area (Å²) in [5.41, 5.74) is 6.46.